The van der Waals surface area contributed by atoms with Gasteiger partial charge in [0.05, 0.1) is 17.9 Å². The summed E-state index contributed by atoms with van der Waals surface area (Å²) in [6.45, 7) is 9.80. The molecule has 1 aromatic rings. The first-order valence-corrected chi connectivity index (χ1v) is 7.24. The normalized spacial score (nSPS) is 26.5. The van der Waals surface area contributed by atoms with Crippen LogP contribution in [0.1, 0.15) is 38.9 Å². The van der Waals surface area contributed by atoms with Gasteiger partial charge in [0.2, 0.25) is 0 Å². The maximum Gasteiger partial charge on any atom is 0.0828 e. The van der Waals surface area contributed by atoms with Gasteiger partial charge in [-0.2, -0.15) is 5.10 Å². The molecule has 0 bridgehead atoms. The molecule has 0 saturated carbocycles. The quantitative estimate of drug-likeness (QED) is 0.875. The van der Waals surface area contributed by atoms with Crippen molar-refractivity contribution in [2.45, 2.75) is 52.0 Å². The molecule has 2 rings (SSSR count). The average molecular weight is 266 g/mol. The first-order valence-electron chi connectivity index (χ1n) is 7.24. The molecule has 19 heavy (non-hydrogen) atoms. The van der Waals surface area contributed by atoms with Gasteiger partial charge in [-0.3, -0.25) is 9.58 Å². The molecule has 0 amide bonds. The van der Waals surface area contributed by atoms with Crippen LogP contribution in [-0.4, -0.2) is 46.5 Å². The molecule has 1 aliphatic heterocycles. The highest BCUT2D eigenvalue weighted by atomic mass is 16.5. The molecule has 3 atom stereocenters. The lowest BCUT2D eigenvalue weighted by Gasteiger charge is -2.35. The fraction of sp³-hybridized carbons (Fsp3) is 0.786. The van der Waals surface area contributed by atoms with Crippen molar-refractivity contribution in [2.24, 2.45) is 5.73 Å². The highest BCUT2D eigenvalue weighted by Crippen LogP contribution is 2.14. The summed E-state index contributed by atoms with van der Waals surface area (Å²) in [6.07, 6.45) is 3.58. The lowest BCUT2D eigenvalue weighted by Crippen LogP contribution is -2.48. The Balaban J connectivity index is 1.94. The first-order chi connectivity index (χ1) is 9.12. The summed E-state index contributed by atoms with van der Waals surface area (Å²) in [7, 11) is 0. The van der Waals surface area contributed by atoms with Crippen molar-refractivity contribution in [3.05, 3.63) is 18.0 Å². The molecule has 1 saturated heterocycles. The van der Waals surface area contributed by atoms with Crippen molar-refractivity contribution in [3.63, 3.8) is 0 Å². The largest absolute Gasteiger partial charge is 0.371 e. The standard InChI is InChI=1S/C14H26N4O/c1-4-11(2)18-6-5-13(16-18)9-17-8-12(3)19-14(7-15)10-17/h5-6,11-12,14H,4,7-10,15H2,1-3H3. The molecule has 1 aliphatic rings. The third-order valence-corrected chi connectivity index (χ3v) is 3.76. The minimum atomic E-state index is 0.153. The average Bonchev–Trinajstić information content (AvgIpc) is 2.85. The lowest BCUT2D eigenvalue weighted by atomic mass is 10.2. The highest BCUT2D eigenvalue weighted by molar-refractivity contribution is 5.00. The molecule has 0 aliphatic carbocycles. The van der Waals surface area contributed by atoms with E-state index in [0.717, 1.165) is 31.7 Å². The molecule has 108 valence electrons. The van der Waals surface area contributed by atoms with Gasteiger partial charge in [0, 0.05) is 38.4 Å². The van der Waals surface area contributed by atoms with E-state index in [1.54, 1.807) is 0 Å². The number of aromatic nitrogens is 2. The van der Waals surface area contributed by atoms with Crippen LogP contribution in [0.2, 0.25) is 0 Å². The molecule has 5 heteroatoms. The van der Waals surface area contributed by atoms with Crippen molar-refractivity contribution in [2.75, 3.05) is 19.6 Å². The van der Waals surface area contributed by atoms with Gasteiger partial charge < -0.3 is 10.5 Å². The van der Waals surface area contributed by atoms with Crippen LogP contribution in [-0.2, 0) is 11.3 Å². The van der Waals surface area contributed by atoms with Crippen LogP contribution >= 0.6 is 0 Å². The van der Waals surface area contributed by atoms with Gasteiger partial charge >= 0.3 is 0 Å². The Morgan fingerprint density at radius 1 is 1.53 bits per heavy atom. The van der Waals surface area contributed by atoms with Gasteiger partial charge in [0.15, 0.2) is 0 Å². The zero-order chi connectivity index (χ0) is 13.8. The summed E-state index contributed by atoms with van der Waals surface area (Å²) in [4.78, 5) is 2.38. The minimum absolute atomic E-state index is 0.153. The monoisotopic (exact) mass is 266 g/mol. The van der Waals surface area contributed by atoms with E-state index in [9.17, 15) is 0 Å². The Hall–Kier alpha value is -0.910. The van der Waals surface area contributed by atoms with Crippen LogP contribution in [0.3, 0.4) is 0 Å². The highest BCUT2D eigenvalue weighted by Gasteiger charge is 2.24. The topological polar surface area (TPSA) is 56.3 Å². The minimum Gasteiger partial charge on any atom is -0.371 e. The van der Waals surface area contributed by atoms with Crippen LogP contribution in [0.25, 0.3) is 0 Å². The lowest BCUT2D eigenvalue weighted by molar-refractivity contribution is -0.0748. The van der Waals surface area contributed by atoms with Crippen LogP contribution in [0.4, 0.5) is 0 Å². The van der Waals surface area contributed by atoms with Crippen molar-refractivity contribution >= 4 is 0 Å². The predicted molar refractivity (Wildman–Crippen MR) is 75.9 cm³/mol. The summed E-state index contributed by atoms with van der Waals surface area (Å²) in [5, 5.41) is 4.65. The summed E-state index contributed by atoms with van der Waals surface area (Å²) < 4.78 is 7.83. The number of nitrogens with zero attached hydrogens (tertiary/aromatic N) is 3. The summed E-state index contributed by atoms with van der Waals surface area (Å²) in [6, 6.07) is 2.58. The Kier molecular flexibility index (Phi) is 4.96. The van der Waals surface area contributed by atoms with E-state index in [1.165, 1.54) is 0 Å². The van der Waals surface area contributed by atoms with Crippen LogP contribution in [0, 0.1) is 0 Å². The van der Waals surface area contributed by atoms with Gasteiger partial charge in [-0.15, -0.1) is 0 Å². The summed E-state index contributed by atoms with van der Waals surface area (Å²) in [5.74, 6) is 0. The van der Waals surface area contributed by atoms with Gasteiger partial charge in [-0.1, -0.05) is 6.92 Å². The fourth-order valence-corrected chi connectivity index (χ4v) is 2.52. The van der Waals surface area contributed by atoms with E-state index >= 15 is 0 Å². The molecule has 0 spiro atoms. The predicted octanol–water partition coefficient (Wildman–Crippen LogP) is 1.40. The fourth-order valence-electron chi connectivity index (χ4n) is 2.52. The molecular weight excluding hydrogens is 240 g/mol. The molecule has 0 aromatic carbocycles. The van der Waals surface area contributed by atoms with Crippen molar-refractivity contribution in [3.8, 4) is 0 Å². The second-order valence-electron chi connectivity index (χ2n) is 5.54. The number of hydrogen-bond donors (Lipinski definition) is 1. The number of morpholine rings is 1. The molecule has 0 radical (unpaired) electrons. The van der Waals surface area contributed by atoms with E-state index in [1.807, 2.05) is 0 Å². The number of hydrogen-bond acceptors (Lipinski definition) is 4. The summed E-state index contributed by atoms with van der Waals surface area (Å²) in [5.41, 5.74) is 6.84. The van der Waals surface area contributed by atoms with Crippen molar-refractivity contribution in [1.82, 2.24) is 14.7 Å². The number of ether oxygens (including phenoxy) is 1. The maximum atomic E-state index is 5.77. The van der Waals surface area contributed by atoms with Crippen LogP contribution in [0.5, 0.6) is 0 Å². The molecular formula is C14H26N4O. The zero-order valence-corrected chi connectivity index (χ0v) is 12.2. The van der Waals surface area contributed by atoms with Gasteiger partial charge in [0.25, 0.3) is 0 Å². The Morgan fingerprint density at radius 3 is 3.00 bits per heavy atom. The Morgan fingerprint density at radius 2 is 2.32 bits per heavy atom. The van der Waals surface area contributed by atoms with E-state index in [2.05, 4.69) is 47.7 Å². The van der Waals surface area contributed by atoms with E-state index in [-0.39, 0.29) is 12.2 Å². The molecule has 2 heterocycles. The summed E-state index contributed by atoms with van der Waals surface area (Å²) >= 11 is 0. The smallest absolute Gasteiger partial charge is 0.0828 e. The van der Waals surface area contributed by atoms with Crippen molar-refractivity contribution < 1.29 is 4.74 Å². The van der Waals surface area contributed by atoms with Crippen molar-refractivity contribution in [1.29, 1.82) is 0 Å². The third kappa shape index (κ3) is 3.78. The third-order valence-electron chi connectivity index (χ3n) is 3.76. The molecule has 2 N–H and O–H groups in total. The zero-order valence-electron chi connectivity index (χ0n) is 12.2. The first kappa shape index (κ1) is 14.5. The van der Waals surface area contributed by atoms with E-state index in [4.69, 9.17) is 10.5 Å². The second kappa shape index (κ2) is 6.50. The van der Waals surface area contributed by atoms with E-state index < -0.39 is 0 Å². The number of nitrogens with two attached hydrogens (primary N) is 1. The van der Waals surface area contributed by atoms with Gasteiger partial charge in [0.1, 0.15) is 0 Å². The van der Waals surface area contributed by atoms with Gasteiger partial charge in [-0.25, -0.2) is 0 Å². The maximum absolute atomic E-state index is 5.77. The number of rotatable bonds is 5. The Labute approximate surface area is 115 Å². The van der Waals surface area contributed by atoms with Crippen LogP contribution < -0.4 is 5.73 Å². The Bertz CT molecular complexity index is 393. The molecule has 1 fully saturated rings. The molecule has 1 aromatic heterocycles. The SMILES string of the molecule is CCC(C)n1ccc(CN2CC(C)OC(CN)C2)n1. The van der Waals surface area contributed by atoms with Gasteiger partial charge in [-0.05, 0) is 26.3 Å². The molecule has 5 nitrogen and oxygen atoms in total. The molecule has 3 unspecified atom stereocenters. The van der Waals surface area contributed by atoms with Crippen LogP contribution in [0.15, 0.2) is 12.3 Å². The second-order valence-corrected chi connectivity index (χ2v) is 5.54. The van der Waals surface area contributed by atoms with E-state index in [0.29, 0.717) is 12.6 Å².